The van der Waals surface area contributed by atoms with Gasteiger partial charge in [0.25, 0.3) is 5.91 Å². The van der Waals surface area contributed by atoms with Crippen LogP contribution >= 0.6 is 15.9 Å². The molecule has 1 aromatic carbocycles. The van der Waals surface area contributed by atoms with Gasteiger partial charge >= 0.3 is 0 Å². The number of halogens is 1. The zero-order chi connectivity index (χ0) is 13.1. The molecule has 0 aliphatic carbocycles. The fraction of sp³-hybridized carbons (Fsp3) is 0.231. The van der Waals surface area contributed by atoms with Gasteiger partial charge in [0.2, 0.25) is 5.76 Å². The Morgan fingerprint density at radius 1 is 1.39 bits per heavy atom. The number of carbonyl (C=O) groups excluding carboxylic acids is 1. The van der Waals surface area contributed by atoms with Crippen molar-refractivity contribution in [2.45, 2.75) is 13.5 Å². The van der Waals surface area contributed by atoms with Gasteiger partial charge < -0.3 is 9.32 Å². The topological polar surface area (TPSA) is 46.3 Å². The molecule has 0 saturated carbocycles. The summed E-state index contributed by atoms with van der Waals surface area (Å²) in [6.07, 6.45) is 1.29. The van der Waals surface area contributed by atoms with Crippen molar-refractivity contribution in [3.8, 4) is 0 Å². The summed E-state index contributed by atoms with van der Waals surface area (Å²) in [5, 5.41) is 0. The zero-order valence-corrected chi connectivity index (χ0v) is 11.8. The second kappa shape index (κ2) is 5.35. The van der Waals surface area contributed by atoms with Gasteiger partial charge in [-0.15, -0.1) is 0 Å². The van der Waals surface area contributed by atoms with Gasteiger partial charge in [0.1, 0.15) is 0 Å². The predicted molar refractivity (Wildman–Crippen MR) is 71.2 cm³/mol. The van der Waals surface area contributed by atoms with Crippen LogP contribution in [-0.4, -0.2) is 22.8 Å². The summed E-state index contributed by atoms with van der Waals surface area (Å²) < 4.78 is 6.11. The SMILES string of the molecule is Cc1ncoc1C(=O)N(C)Cc1ccc(Br)cc1. The quantitative estimate of drug-likeness (QED) is 0.875. The standard InChI is InChI=1S/C13H13BrN2O2/c1-9-12(18-8-15-9)13(17)16(2)7-10-3-5-11(14)6-4-10/h3-6,8H,7H2,1-2H3. The van der Waals surface area contributed by atoms with Crippen molar-refractivity contribution in [1.82, 2.24) is 9.88 Å². The molecule has 0 atom stereocenters. The number of aryl methyl sites for hydroxylation is 1. The number of hydrogen-bond donors (Lipinski definition) is 0. The molecular formula is C13H13BrN2O2. The van der Waals surface area contributed by atoms with E-state index in [9.17, 15) is 4.79 Å². The Morgan fingerprint density at radius 2 is 2.06 bits per heavy atom. The molecule has 18 heavy (non-hydrogen) atoms. The van der Waals surface area contributed by atoms with E-state index in [0.29, 0.717) is 18.0 Å². The van der Waals surface area contributed by atoms with Gasteiger partial charge in [-0.25, -0.2) is 4.98 Å². The molecule has 0 radical (unpaired) electrons. The minimum atomic E-state index is -0.159. The summed E-state index contributed by atoms with van der Waals surface area (Å²) in [5.74, 6) is 0.141. The fourth-order valence-corrected chi connectivity index (χ4v) is 1.88. The molecule has 4 nitrogen and oxygen atoms in total. The predicted octanol–water partition coefficient (Wildman–Crippen LogP) is 3.02. The third-order valence-corrected chi connectivity index (χ3v) is 3.15. The average Bonchev–Trinajstić information content (AvgIpc) is 2.77. The summed E-state index contributed by atoms with van der Waals surface area (Å²) in [4.78, 5) is 17.6. The van der Waals surface area contributed by atoms with Gasteiger partial charge in [-0.1, -0.05) is 28.1 Å². The number of hydrogen-bond acceptors (Lipinski definition) is 3. The van der Waals surface area contributed by atoms with E-state index in [1.54, 1.807) is 18.9 Å². The van der Waals surface area contributed by atoms with Gasteiger partial charge in [-0.3, -0.25) is 4.79 Å². The summed E-state index contributed by atoms with van der Waals surface area (Å²) in [7, 11) is 1.74. The lowest BCUT2D eigenvalue weighted by molar-refractivity contribution is 0.0752. The lowest BCUT2D eigenvalue weighted by atomic mass is 10.2. The van der Waals surface area contributed by atoms with E-state index in [4.69, 9.17) is 4.42 Å². The van der Waals surface area contributed by atoms with Crippen LogP contribution in [0.25, 0.3) is 0 Å². The van der Waals surface area contributed by atoms with Crippen LogP contribution in [0.15, 0.2) is 39.5 Å². The van der Waals surface area contributed by atoms with Crippen LogP contribution in [0, 0.1) is 6.92 Å². The molecule has 1 amide bonds. The van der Waals surface area contributed by atoms with Crippen LogP contribution in [0.5, 0.6) is 0 Å². The molecule has 0 N–H and O–H groups in total. The number of benzene rings is 1. The van der Waals surface area contributed by atoms with Crippen molar-refractivity contribution in [2.24, 2.45) is 0 Å². The lowest BCUT2D eigenvalue weighted by Crippen LogP contribution is -2.26. The van der Waals surface area contributed by atoms with E-state index in [-0.39, 0.29) is 5.91 Å². The molecular weight excluding hydrogens is 296 g/mol. The third-order valence-electron chi connectivity index (χ3n) is 2.62. The Labute approximate surface area is 114 Å². The van der Waals surface area contributed by atoms with Gasteiger partial charge in [-0.2, -0.15) is 0 Å². The number of nitrogens with zero attached hydrogens (tertiary/aromatic N) is 2. The molecule has 0 bridgehead atoms. The molecule has 1 aromatic heterocycles. The molecule has 0 saturated heterocycles. The van der Waals surface area contributed by atoms with Crippen molar-refractivity contribution in [1.29, 1.82) is 0 Å². The normalized spacial score (nSPS) is 10.4. The number of oxazole rings is 1. The summed E-state index contributed by atoms with van der Waals surface area (Å²) in [6, 6.07) is 7.85. The molecule has 5 heteroatoms. The van der Waals surface area contributed by atoms with Crippen LogP contribution in [-0.2, 0) is 6.54 Å². The van der Waals surface area contributed by atoms with Crippen molar-refractivity contribution in [3.63, 3.8) is 0 Å². The van der Waals surface area contributed by atoms with Gasteiger partial charge in [0.05, 0.1) is 5.69 Å². The molecule has 0 spiro atoms. The van der Waals surface area contributed by atoms with Crippen LogP contribution in [0.4, 0.5) is 0 Å². The van der Waals surface area contributed by atoms with E-state index in [2.05, 4.69) is 20.9 Å². The molecule has 2 rings (SSSR count). The first-order chi connectivity index (χ1) is 8.58. The second-order valence-electron chi connectivity index (χ2n) is 4.05. The first kappa shape index (κ1) is 12.8. The smallest absolute Gasteiger partial charge is 0.291 e. The molecule has 0 aliphatic rings. The minimum absolute atomic E-state index is 0.159. The molecule has 2 aromatic rings. The molecule has 0 unspecified atom stereocenters. The Bertz CT molecular complexity index is 548. The van der Waals surface area contributed by atoms with Crippen LogP contribution in [0.3, 0.4) is 0 Å². The van der Waals surface area contributed by atoms with Crippen molar-refractivity contribution in [3.05, 3.63) is 52.1 Å². The summed E-state index contributed by atoms with van der Waals surface area (Å²) >= 11 is 3.38. The maximum atomic E-state index is 12.1. The Hall–Kier alpha value is -1.62. The van der Waals surface area contributed by atoms with Crippen molar-refractivity contribution >= 4 is 21.8 Å². The Kier molecular flexibility index (Phi) is 3.81. The van der Waals surface area contributed by atoms with E-state index in [1.807, 2.05) is 24.3 Å². The van der Waals surface area contributed by atoms with E-state index >= 15 is 0 Å². The number of carbonyl (C=O) groups is 1. The van der Waals surface area contributed by atoms with Crippen molar-refractivity contribution in [2.75, 3.05) is 7.05 Å². The molecule has 0 aliphatic heterocycles. The van der Waals surface area contributed by atoms with Crippen molar-refractivity contribution < 1.29 is 9.21 Å². The van der Waals surface area contributed by atoms with Gasteiger partial charge in [0.15, 0.2) is 6.39 Å². The molecule has 94 valence electrons. The first-order valence-corrected chi connectivity index (χ1v) is 6.27. The highest BCUT2D eigenvalue weighted by Crippen LogP contribution is 2.14. The summed E-state index contributed by atoms with van der Waals surface area (Å²) in [6.45, 7) is 2.29. The maximum Gasteiger partial charge on any atom is 0.291 e. The third kappa shape index (κ3) is 2.79. The zero-order valence-electron chi connectivity index (χ0n) is 10.2. The highest BCUT2D eigenvalue weighted by Gasteiger charge is 2.18. The average molecular weight is 309 g/mol. The first-order valence-electron chi connectivity index (χ1n) is 5.48. The Balaban J connectivity index is 2.08. The van der Waals surface area contributed by atoms with Crippen LogP contribution < -0.4 is 0 Å². The summed E-state index contributed by atoms with van der Waals surface area (Å²) in [5.41, 5.74) is 1.67. The maximum absolute atomic E-state index is 12.1. The monoisotopic (exact) mass is 308 g/mol. The minimum Gasteiger partial charge on any atom is -0.438 e. The lowest BCUT2D eigenvalue weighted by Gasteiger charge is -2.16. The Morgan fingerprint density at radius 3 is 2.61 bits per heavy atom. The largest absolute Gasteiger partial charge is 0.438 e. The van der Waals surface area contributed by atoms with Gasteiger partial charge in [0, 0.05) is 18.1 Å². The highest BCUT2D eigenvalue weighted by molar-refractivity contribution is 9.10. The van der Waals surface area contributed by atoms with E-state index in [1.165, 1.54) is 6.39 Å². The highest BCUT2D eigenvalue weighted by atomic mass is 79.9. The molecule has 0 fully saturated rings. The van der Waals surface area contributed by atoms with Crippen LogP contribution in [0.1, 0.15) is 21.8 Å². The number of aromatic nitrogens is 1. The van der Waals surface area contributed by atoms with Crippen LogP contribution in [0.2, 0.25) is 0 Å². The fourth-order valence-electron chi connectivity index (χ4n) is 1.62. The number of amides is 1. The molecule has 1 heterocycles. The van der Waals surface area contributed by atoms with E-state index in [0.717, 1.165) is 10.0 Å². The number of rotatable bonds is 3. The van der Waals surface area contributed by atoms with Gasteiger partial charge in [-0.05, 0) is 24.6 Å². The second-order valence-corrected chi connectivity index (χ2v) is 4.97. The van der Waals surface area contributed by atoms with E-state index < -0.39 is 0 Å².